The van der Waals surface area contributed by atoms with E-state index in [0.29, 0.717) is 56.0 Å². The van der Waals surface area contributed by atoms with E-state index in [-0.39, 0.29) is 18.9 Å². The Balaban J connectivity index is 1.36. The Morgan fingerprint density at radius 2 is 1.25 bits per heavy atom. The Hall–Kier alpha value is -5.37. The van der Waals surface area contributed by atoms with Crippen LogP contribution < -0.4 is 9.64 Å². The van der Waals surface area contributed by atoms with Gasteiger partial charge in [0.1, 0.15) is 40.4 Å². The van der Waals surface area contributed by atoms with Crippen molar-refractivity contribution in [2.24, 2.45) is 0 Å². The number of furan rings is 1. The van der Waals surface area contributed by atoms with E-state index in [4.69, 9.17) is 9.15 Å². The summed E-state index contributed by atoms with van der Waals surface area (Å²) in [5, 5.41) is 0.662. The lowest BCUT2D eigenvalue weighted by Crippen LogP contribution is -2.22. The lowest BCUT2D eigenvalue weighted by atomic mass is 9.97. The standard InChI is InChI=1S/C36H25F4NO3/c1-43-31-12-8-25(9-13-31)36-34(32-4-2-3-5-33(32)44-36)35(42)24-6-10-30(11-7-24)41(20-22-14-26(37)18-27(38)15-22)21-23-16-28(39)19-29(40)17-23/h2-19H,20-21H2,1H3. The van der Waals surface area contributed by atoms with E-state index in [1.54, 1.807) is 54.5 Å². The van der Waals surface area contributed by atoms with Crippen LogP contribution in [0.25, 0.3) is 22.3 Å². The molecular formula is C36H25F4NO3. The molecule has 0 spiro atoms. The maximum atomic E-state index is 14.0. The first-order valence-electron chi connectivity index (χ1n) is 13.7. The largest absolute Gasteiger partial charge is 0.497 e. The molecule has 0 atom stereocenters. The van der Waals surface area contributed by atoms with Crippen LogP contribution in [0.5, 0.6) is 5.75 Å². The summed E-state index contributed by atoms with van der Waals surface area (Å²) in [6.45, 7) is 0.0716. The van der Waals surface area contributed by atoms with Crippen molar-refractivity contribution in [2.45, 2.75) is 13.1 Å². The summed E-state index contributed by atoms with van der Waals surface area (Å²) in [6, 6.07) is 27.5. The van der Waals surface area contributed by atoms with Crippen LogP contribution in [0, 0.1) is 23.3 Å². The van der Waals surface area contributed by atoms with Crippen molar-refractivity contribution in [3.8, 4) is 17.1 Å². The van der Waals surface area contributed by atoms with Crippen LogP contribution in [0.2, 0.25) is 0 Å². The number of hydrogen-bond acceptors (Lipinski definition) is 4. The van der Waals surface area contributed by atoms with Gasteiger partial charge in [-0.15, -0.1) is 0 Å². The first kappa shape index (κ1) is 28.7. The monoisotopic (exact) mass is 595 g/mol. The zero-order valence-corrected chi connectivity index (χ0v) is 23.5. The van der Waals surface area contributed by atoms with Gasteiger partial charge in [-0.05, 0) is 90.0 Å². The quantitative estimate of drug-likeness (QED) is 0.124. The van der Waals surface area contributed by atoms with Crippen molar-refractivity contribution >= 4 is 22.4 Å². The molecule has 6 rings (SSSR count). The highest BCUT2D eigenvalue weighted by atomic mass is 19.1. The molecule has 1 heterocycles. The molecule has 0 saturated heterocycles. The second-order valence-electron chi connectivity index (χ2n) is 10.3. The van der Waals surface area contributed by atoms with Gasteiger partial charge < -0.3 is 14.1 Å². The first-order chi connectivity index (χ1) is 21.3. The number of carbonyl (C=O) groups is 1. The third-order valence-corrected chi connectivity index (χ3v) is 7.26. The number of fused-ring (bicyclic) bond motifs is 1. The Labute approximate surface area is 250 Å². The number of benzene rings is 5. The first-order valence-corrected chi connectivity index (χ1v) is 13.7. The molecule has 0 aliphatic rings. The summed E-state index contributed by atoms with van der Waals surface area (Å²) >= 11 is 0. The molecule has 5 aromatic carbocycles. The second-order valence-corrected chi connectivity index (χ2v) is 10.3. The molecule has 1 aromatic heterocycles. The van der Waals surface area contributed by atoms with E-state index in [0.717, 1.165) is 12.1 Å². The number of para-hydroxylation sites is 1. The van der Waals surface area contributed by atoms with E-state index in [2.05, 4.69) is 0 Å². The summed E-state index contributed by atoms with van der Waals surface area (Å²) < 4.78 is 67.3. The van der Waals surface area contributed by atoms with Gasteiger partial charge in [-0.25, -0.2) is 17.6 Å². The molecule has 44 heavy (non-hydrogen) atoms. The van der Waals surface area contributed by atoms with Crippen LogP contribution in [-0.4, -0.2) is 12.9 Å². The summed E-state index contributed by atoms with van der Waals surface area (Å²) in [6.07, 6.45) is 0. The Morgan fingerprint density at radius 3 is 1.80 bits per heavy atom. The van der Waals surface area contributed by atoms with E-state index in [9.17, 15) is 22.4 Å². The fourth-order valence-corrected chi connectivity index (χ4v) is 5.27. The number of ketones is 1. The normalized spacial score (nSPS) is 11.1. The highest BCUT2D eigenvalue weighted by molar-refractivity contribution is 6.19. The van der Waals surface area contributed by atoms with Crippen LogP contribution in [0.1, 0.15) is 27.0 Å². The van der Waals surface area contributed by atoms with Crippen LogP contribution >= 0.6 is 0 Å². The maximum Gasteiger partial charge on any atom is 0.197 e. The van der Waals surface area contributed by atoms with Crippen molar-refractivity contribution in [3.05, 3.63) is 155 Å². The van der Waals surface area contributed by atoms with Gasteiger partial charge >= 0.3 is 0 Å². The summed E-state index contributed by atoms with van der Waals surface area (Å²) in [5.74, 6) is -2.13. The van der Waals surface area contributed by atoms with Crippen molar-refractivity contribution in [3.63, 3.8) is 0 Å². The van der Waals surface area contributed by atoms with Crippen LogP contribution in [0.4, 0.5) is 23.2 Å². The minimum Gasteiger partial charge on any atom is -0.497 e. The average molecular weight is 596 g/mol. The molecule has 0 unspecified atom stereocenters. The van der Waals surface area contributed by atoms with E-state index in [1.165, 1.54) is 24.3 Å². The molecule has 0 aliphatic carbocycles. The minimum atomic E-state index is -0.738. The Bertz CT molecular complexity index is 1870. The van der Waals surface area contributed by atoms with Crippen molar-refractivity contribution in [1.29, 1.82) is 0 Å². The van der Waals surface area contributed by atoms with E-state index >= 15 is 0 Å². The molecule has 0 fully saturated rings. The van der Waals surface area contributed by atoms with Crippen molar-refractivity contribution in [1.82, 2.24) is 0 Å². The number of methoxy groups -OCH3 is 1. The fourth-order valence-electron chi connectivity index (χ4n) is 5.27. The molecule has 0 amide bonds. The molecule has 0 saturated carbocycles. The summed E-state index contributed by atoms with van der Waals surface area (Å²) in [4.78, 5) is 15.7. The molecule has 4 nitrogen and oxygen atoms in total. The zero-order chi connectivity index (χ0) is 30.8. The molecule has 0 bridgehead atoms. The fraction of sp³-hybridized carbons (Fsp3) is 0.0833. The van der Waals surface area contributed by atoms with E-state index < -0.39 is 23.3 Å². The molecule has 8 heteroatoms. The molecule has 220 valence electrons. The third-order valence-electron chi connectivity index (χ3n) is 7.26. The second kappa shape index (κ2) is 12.1. The highest BCUT2D eigenvalue weighted by Gasteiger charge is 2.23. The van der Waals surface area contributed by atoms with Gasteiger partial charge in [-0.3, -0.25) is 4.79 Å². The maximum absolute atomic E-state index is 14.0. The molecule has 0 radical (unpaired) electrons. The van der Waals surface area contributed by atoms with Gasteiger partial charge in [0, 0.05) is 47.4 Å². The number of halogens is 4. The highest BCUT2D eigenvalue weighted by Crippen LogP contribution is 2.36. The van der Waals surface area contributed by atoms with Gasteiger partial charge in [0.05, 0.1) is 12.7 Å². The number of carbonyl (C=O) groups excluding carboxylic acids is 1. The van der Waals surface area contributed by atoms with Gasteiger partial charge in [-0.1, -0.05) is 18.2 Å². The topological polar surface area (TPSA) is 42.7 Å². The number of ether oxygens (including phenoxy) is 1. The average Bonchev–Trinajstić information content (AvgIpc) is 3.39. The zero-order valence-electron chi connectivity index (χ0n) is 23.5. The molecule has 0 aliphatic heterocycles. The summed E-state index contributed by atoms with van der Waals surface area (Å²) in [7, 11) is 1.57. The summed E-state index contributed by atoms with van der Waals surface area (Å²) in [5.41, 5.74) is 3.28. The minimum absolute atomic E-state index is 0.0358. The molecule has 6 aromatic rings. The number of nitrogens with zero attached hydrogens (tertiary/aromatic N) is 1. The van der Waals surface area contributed by atoms with Crippen molar-refractivity contribution < 1.29 is 31.5 Å². The Morgan fingerprint density at radius 1 is 0.705 bits per heavy atom. The number of rotatable bonds is 9. The number of hydrogen-bond donors (Lipinski definition) is 0. The Kier molecular flexibility index (Phi) is 7.89. The molecular weight excluding hydrogens is 570 g/mol. The van der Waals surface area contributed by atoms with Crippen LogP contribution in [0.3, 0.4) is 0 Å². The molecule has 0 N–H and O–H groups in total. The predicted octanol–water partition coefficient (Wildman–Crippen LogP) is 9.10. The SMILES string of the molecule is COc1ccc(-c2oc3ccccc3c2C(=O)c2ccc(N(Cc3cc(F)cc(F)c3)Cc3cc(F)cc(F)c3)cc2)cc1. The lowest BCUT2D eigenvalue weighted by molar-refractivity contribution is 0.104. The van der Waals surface area contributed by atoms with Gasteiger partial charge in [-0.2, -0.15) is 0 Å². The smallest absolute Gasteiger partial charge is 0.197 e. The van der Waals surface area contributed by atoms with Gasteiger partial charge in [0.2, 0.25) is 0 Å². The van der Waals surface area contributed by atoms with E-state index in [1.807, 2.05) is 30.3 Å². The predicted molar refractivity (Wildman–Crippen MR) is 161 cm³/mol. The number of anilines is 1. The van der Waals surface area contributed by atoms with Gasteiger partial charge in [0.25, 0.3) is 0 Å². The van der Waals surface area contributed by atoms with Gasteiger partial charge in [0.15, 0.2) is 5.78 Å². The van der Waals surface area contributed by atoms with Crippen LogP contribution in [-0.2, 0) is 13.1 Å². The lowest BCUT2D eigenvalue weighted by Gasteiger charge is -2.26. The van der Waals surface area contributed by atoms with Crippen LogP contribution in [0.15, 0.2) is 114 Å². The van der Waals surface area contributed by atoms with Crippen molar-refractivity contribution in [2.75, 3.05) is 12.0 Å². The third kappa shape index (κ3) is 6.06.